The summed E-state index contributed by atoms with van der Waals surface area (Å²) in [4.78, 5) is 27.0. The minimum atomic E-state index is -4.48. The van der Waals surface area contributed by atoms with Gasteiger partial charge in [-0.25, -0.2) is 4.79 Å². The van der Waals surface area contributed by atoms with Crippen molar-refractivity contribution in [2.45, 2.75) is 38.5 Å². The number of carbonyl (C=O) groups excluding carboxylic acids is 2. The monoisotopic (exact) mass is 420 g/mol. The average Bonchev–Trinajstić information content (AvgIpc) is 3.22. The SMILES string of the molecule is Cc1cccc(N(Cc2ccc(C(=O)CO)cc2)C(=O)N2CCC[C@H]2C(F)(F)F)c1. The van der Waals surface area contributed by atoms with E-state index in [1.54, 1.807) is 30.3 Å². The van der Waals surface area contributed by atoms with E-state index in [0.717, 1.165) is 10.5 Å². The van der Waals surface area contributed by atoms with Gasteiger partial charge in [0.05, 0.1) is 6.54 Å². The number of hydrogen-bond donors (Lipinski definition) is 1. The molecule has 1 aliphatic rings. The zero-order chi connectivity index (χ0) is 21.9. The molecule has 0 aromatic heterocycles. The summed E-state index contributed by atoms with van der Waals surface area (Å²) in [6.45, 7) is 1.34. The number of rotatable bonds is 5. The minimum Gasteiger partial charge on any atom is -0.388 e. The Bertz CT molecular complexity index is 913. The summed E-state index contributed by atoms with van der Waals surface area (Å²) in [5.41, 5.74) is 2.36. The lowest BCUT2D eigenvalue weighted by atomic mass is 10.1. The molecule has 0 unspecified atom stereocenters. The fraction of sp³-hybridized carbons (Fsp3) is 0.364. The number of Topliss-reactive ketones (excluding diaryl/α,β-unsaturated/α-hetero) is 1. The number of aryl methyl sites for hydroxylation is 1. The molecular formula is C22H23F3N2O3. The highest BCUT2D eigenvalue weighted by Crippen LogP contribution is 2.34. The van der Waals surface area contributed by atoms with Crippen molar-refractivity contribution < 1.29 is 27.9 Å². The van der Waals surface area contributed by atoms with Gasteiger partial charge < -0.3 is 10.0 Å². The molecule has 160 valence electrons. The van der Waals surface area contributed by atoms with Crippen LogP contribution in [0.2, 0.25) is 0 Å². The second-order valence-corrected chi connectivity index (χ2v) is 7.38. The highest BCUT2D eigenvalue weighted by molar-refractivity contribution is 5.97. The van der Waals surface area contributed by atoms with Crippen molar-refractivity contribution in [2.75, 3.05) is 18.1 Å². The highest BCUT2D eigenvalue weighted by atomic mass is 19.4. The van der Waals surface area contributed by atoms with E-state index in [4.69, 9.17) is 5.11 Å². The number of urea groups is 1. The first-order valence-electron chi connectivity index (χ1n) is 9.65. The van der Waals surface area contributed by atoms with Gasteiger partial charge in [-0.2, -0.15) is 13.2 Å². The molecule has 8 heteroatoms. The van der Waals surface area contributed by atoms with Crippen LogP contribution in [0.15, 0.2) is 48.5 Å². The van der Waals surface area contributed by atoms with Crippen molar-refractivity contribution in [3.63, 3.8) is 0 Å². The minimum absolute atomic E-state index is 0.0509. The van der Waals surface area contributed by atoms with Crippen molar-refractivity contribution >= 4 is 17.5 Å². The Labute approximate surface area is 172 Å². The fourth-order valence-corrected chi connectivity index (χ4v) is 3.63. The van der Waals surface area contributed by atoms with Crippen LogP contribution in [-0.4, -0.2) is 47.2 Å². The van der Waals surface area contributed by atoms with Gasteiger partial charge in [-0.05, 0) is 43.0 Å². The standard InChI is InChI=1S/C22H23F3N2O3/c1-15-4-2-5-18(12-15)27(13-16-7-9-17(10-8-16)19(29)14-28)21(30)26-11-3-6-20(26)22(23,24)25/h2,4-5,7-10,12,20,28H,3,6,11,13-14H2,1H3/t20-/m0/s1. The summed E-state index contributed by atoms with van der Waals surface area (Å²) in [6.07, 6.45) is -4.28. The first-order chi connectivity index (χ1) is 14.2. The third kappa shape index (κ3) is 4.81. The highest BCUT2D eigenvalue weighted by Gasteiger charge is 2.48. The smallest absolute Gasteiger partial charge is 0.388 e. The van der Waals surface area contributed by atoms with E-state index in [0.29, 0.717) is 23.2 Å². The van der Waals surface area contributed by atoms with Gasteiger partial charge in [0.1, 0.15) is 12.6 Å². The van der Waals surface area contributed by atoms with Crippen molar-refractivity contribution in [1.29, 1.82) is 0 Å². The lowest BCUT2D eigenvalue weighted by Gasteiger charge is -2.33. The van der Waals surface area contributed by atoms with E-state index in [-0.39, 0.29) is 19.5 Å². The Morgan fingerprint density at radius 1 is 1.17 bits per heavy atom. The second kappa shape index (κ2) is 8.87. The topological polar surface area (TPSA) is 60.9 Å². The van der Waals surface area contributed by atoms with Crippen LogP contribution in [0.1, 0.15) is 34.3 Å². The molecule has 1 atom stereocenters. The Kier molecular flexibility index (Phi) is 6.45. The predicted molar refractivity (Wildman–Crippen MR) is 106 cm³/mol. The van der Waals surface area contributed by atoms with Gasteiger partial charge in [-0.15, -0.1) is 0 Å². The van der Waals surface area contributed by atoms with E-state index < -0.39 is 30.6 Å². The van der Waals surface area contributed by atoms with E-state index >= 15 is 0 Å². The van der Waals surface area contributed by atoms with Gasteiger partial charge in [0.25, 0.3) is 0 Å². The van der Waals surface area contributed by atoms with Crippen molar-refractivity contribution in [2.24, 2.45) is 0 Å². The molecule has 1 fully saturated rings. The molecule has 1 aliphatic heterocycles. The maximum absolute atomic E-state index is 13.4. The van der Waals surface area contributed by atoms with Crippen LogP contribution in [0.25, 0.3) is 0 Å². The molecular weight excluding hydrogens is 397 g/mol. The average molecular weight is 420 g/mol. The summed E-state index contributed by atoms with van der Waals surface area (Å²) < 4.78 is 40.3. The molecule has 2 aromatic rings. The maximum atomic E-state index is 13.4. The van der Waals surface area contributed by atoms with Crippen molar-refractivity contribution in [3.8, 4) is 0 Å². The Morgan fingerprint density at radius 3 is 2.47 bits per heavy atom. The number of aliphatic hydroxyl groups excluding tert-OH is 1. The number of aliphatic hydroxyl groups is 1. The molecule has 30 heavy (non-hydrogen) atoms. The number of anilines is 1. The Balaban J connectivity index is 1.91. The Morgan fingerprint density at radius 2 is 1.87 bits per heavy atom. The number of likely N-dealkylation sites (tertiary alicyclic amines) is 1. The van der Waals surface area contributed by atoms with Gasteiger partial charge in [-0.1, -0.05) is 36.4 Å². The number of nitrogens with zero attached hydrogens (tertiary/aromatic N) is 2. The van der Waals surface area contributed by atoms with Crippen LogP contribution < -0.4 is 4.90 Å². The van der Waals surface area contributed by atoms with Crippen LogP contribution in [0.5, 0.6) is 0 Å². The largest absolute Gasteiger partial charge is 0.408 e. The van der Waals surface area contributed by atoms with Crippen molar-refractivity contribution in [3.05, 3.63) is 65.2 Å². The molecule has 5 nitrogen and oxygen atoms in total. The molecule has 1 heterocycles. The third-order valence-corrected chi connectivity index (χ3v) is 5.18. The number of amides is 2. The number of halogens is 3. The van der Waals surface area contributed by atoms with Gasteiger partial charge in [0, 0.05) is 17.8 Å². The van der Waals surface area contributed by atoms with Gasteiger partial charge in [0.15, 0.2) is 5.78 Å². The molecule has 0 radical (unpaired) electrons. The lowest BCUT2D eigenvalue weighted by molar-refractivity contribution is -0.168. The van der Waals surface area contributed by atoms with Gasteiger partial charge >= 0.3 is 12.2 Å². The molecule has 0 bridgehead atoms. The molecule has 1 N–H and O–H groups in total. The van der Waals surface area contributed by atoms with Crippen LogP contribution in [0.4, 0.5) is 23.7 Å². The van der Waals surface area contributed by atoms with Crippen LogP contribution in [0, 0.1) is 6.92 Å². The third-order valence-electron chi connectivity index (χ3n) is 5.18. The molecule has 3 rings (SSSR count). The van der Waals surface area contributed by atoms with Gasteiger partial charge in [0.2, 0.25) is 0 Å². The lowest BCUT2D eigenvalue weighted by Crippen LogP contribution is -2.50. The summed E-state index contributed by atoms with van der Waals surface area (Å²) in [5.74, 6) is -0.432. The van der Waals surface area contributed by atoms with E-state index in [1.807, 2.05) is 13.0 Å². The summed E-state index contributed by atoms with van der Waals surface area (Å²) in [7, 11) is 0. The first kappa shape index (κ1) is 21.8. The second-order valence-electron chi connectivity index (χ2n) is 7.38. The molecule has 2 amide bonds. The maximum Gasteiger partial charge on any atom is 0.408 e. The van der Waals surface area contributed by atoms with E-state index in [9.17, 15) is 22.8 Å². The number of ketones is 1. The first-order valence-corrected chi connectivity index (χ1v) is 9.65. The number of carbonyl (C=O) groups is 2. The fourth-order valence-electron chi connectivity index (χ4n) is 3.63. The van der Waals surface area contributed by atoms with Crippen LogP contribution in [0.3, 0.4) is 0 Å². The van der Waals surface area contributed by atoms with E-state index in [2.05, 4.69) is 0 Å². The van der Waals surface area contributed by atoms with Crippen molar-refractivity contribution in [1.82, 2.24) is 4.90 Å². The zero-order valence-corrected chi connectivity index (χ0v) is 16.5. The summed E-state index contributed by atoms with van der Waals surface area (Å²) in [5, 5.41) is 8.96. The number of hydrogen-bond acceptors (Lipinski definition) is 3. The zero-order valence-electron chi connectivity index (χ0n) is 16.5. The number of benzene rings is 2. The summed E-state index contributed by atoms with van der Waals surface area (Å²) in [6, 6.07) is 10.9. The molecule has 0 aliphatic carbocycles. The molecule has 0 spiro atoms. The normalized spacial score (nSPS) is 16.6. The van der Waals surface area contributed by atoms with Gasteiger partial charge in [-0.3, -0.25) is 9.69 Å². The Hall–Kier alpha value is -2.87. The van der Waals surface area contributed by atoms with Crippen LogP contribution >= 0.6 is 0 Å². The predicted octanol–water partition coefficient (Wildman–Crippen LogP) is 4.32. The summed E-state index contributed by atoms with van der Waals surface area (Å²) >= 11 is 0. The number of alkyl halides is 3. The molecule has 0 saturated carbocycles. The van der Waals surface area contributed by atoms with Crippen LogP contribution in [-0.2, 0) is 6.54 Å². The molecule has 1 saturated heterocycles. The quantitative estimate of drug-likeness (QED) is 0.733. The molecule has 2 aromatic carbocycles. The van der Waals surface area contributed by atoms with E-state index in [1.165, 1.54) is 17.0 Å².